The molecule has 5 rings (SSSR count). The van der Waals surface area contributed by atoms with Gasteiger partial charge in [-0.25, -0.2) is 0 Å². The first-order valence-electron chi connectivity index (χ1n) is 11.8. The Kier molecular flexibility index (Phi) is 7.40. The second kappa shape index (κ2) is 10.9. The highest BCUT2D eigenvalue weighted by Crippen LogP contribution is 2.40. The van der Waals surface area contributed by atoms with Gasteiger partial charge < -0.3 is 24.1 Å². The number of benzene rings is 3. The van der Waals surface area contributed by atoms with Crippen LogP contribution in [0.25, 0.3) is 27.5 Å². The standard InChI is InChI=1S/C28H24ClN3O6S/c1-35-20-13-16(14-21(36-2)26(20)37-3)30-22(33)12-15-7-5-8-17(11-15)32-19-10-6-9-18(29)23(19)25-24(27(32)34)28(39-4)38-31-25/h5-11,13-14H,12H2,1-4H3,(H,30,33). The molecule has 0 radical (unpaired) electrons. The van der Waals surface area contributed by atoms with Crippen molar-refractivity contribution in [2.75, 3.05) is 32.9 Å². The van der Waals surface area contributed by atoms with E-state index in [1.54, 1.807) is 53.1 Å². The molecule has 0 bridgehead atoms. The molecule has 1 amide bonds. The number of nitrogens with zero attached hydrogens (tertiary/aromatic N) is 2. The summed E-state index contributed by atoms with van der Waals surface area (Å²) in [6.07, 6.45) is 1.87. The van der Waals surface area contributed by atoms with E-state index in [0.29, 0.717) is 66.1 Å². The molecule has 0 aliphatic heterocycles. The summed E-state index contributed by atoms with van der Waals surface area (Å²) in [6.45, 7) is 0. The lowest BCUT2D eigenvalue weighted by atomic mass is 10.1. The van der Waals surface area contributed by atoms with Crippen molar-refractivity contribution in [2.45, 2.75) is 11.5 Å². The van der Waals surface area contributed by atoms with E-state index in [-0.39, 0.29) is 17.9 Å². The smallest absolute Gasteiger partial charge is 0.269 e. The van der Waals surface area contributed by atoms with E-state index in [2.05, 4.69) is 10.5 Å². The van der Waals surface area contributed by atoms with E-state index in [9.17, 15) is 9.59 Å². The lowest BCUT2D eigenvalue weighted by molar-refractivity contribution is -0.115. The Morgan fingerprint density at radius 3 is 2.41 bits per heavy atom. The lowest BCUT2D eigenvalue weighted by Crippen LogP contribution is -2.20. The molecule has 0 spiro atoms. The van der Waals surface area contributed by atoms with Gasteiger partial charge in [0.15, 0.2) is 11.5 Å². The van der Waals surface area contributed by atoms with Gasteiger partial charge in [0.1, 0.15) is 10.9 Å². The lowest BCUT2D eigenvalue weighted by Gasteiger charge is -2.15. The Morgan fingerprint density at radius 2 is 1.74 bits per heavy atom. The highest BCUT2D eigenvalue weighted by molar-refractivity contribution is 7.98. The second-order valence-electron chi connectivity index (χ2n) is 8.48. The average Bonchev–Trinajstić information content (AvgIpc) is 3.37. The van der Waals surface area contributed by atoms with Crippen molar-refractivity contribution in [1.29, 1.82) is 0 Å². The maximum atomic E-state index is 13.7. The van der Waals surface area contributed by atoms with E-state index in [0.717, 1.165) is 0 Å². The zero-order chi connectivity index (χ0) is 27.7. The Hall–Kier alpha value is -4.15. The van der Waals surface area contributed by atoms with Crippen molar-refractivity contribution in [3.05, 3.63) is 75.5 Å². The maximum Gasteiger partial charge on any atom is 0.269 e. The van der Waals surface area contributed by atoms with Gasteiger partial charge in [-0.3, -0.25) is 14.2 Å². The van der Waals surface area contributed by atoms with E-state index in [4.69, 9.17) is 30.3 Å². The molecule has 2 heterocycles. The van der Waals surface area contributed by atoms with Gasteiger partial charge in [-0.15, -0.1) is 0 Å². The molecule has 5 aromatic rings. The van der Waals surface area contributed by atoms with Gasteiger partial charge in [-0.2, -0.15) is 0 Å². The fraction of sp³-hybridized carbons (Fsp3) is 0.179. The third-order valence-corrected chi connectivity index (χ3v) is 7.18. The van der Waals surface area contributed by atoms with Crippen LogP contribution in [0.1, 0.15) is 5.56 Å². The quantitative estimate of drug-likeness (QED) is 0.238. The van der Waals surface area contributed by atoms with Crippen LogP contribution >= 0.6 is 23.4 Å². The molecule has 11 heteroatoms. The van der Waals surface area contributed by atoms with Crippen molar-refractivity contribution in [3.8, 4) is 22.9 Å². The van der Waals surface area contributed by atoms with Crippen LogP contribution in [0.5, 0.6) is 17.2 Å². The number of thioether (sulfide) groups is 1. The van der Waals surface area contributed by atoms with Crippen LogP contribution in [0.3, 0.4) is 0 Å². The number of carbonyl (C=O) groups excluding carboxylic acids is 1. The third kappa shape index (κ3) is 4.77. The highest BCUT2D eigenvalue weighted by atomic mass is 35.5. The summed E-state index contributed by atoms with van der Waals surface area (Å²) in [4.78, 5) is 26.7. The summed E-state index contributed by atoms with van der Waals surface area (Å²) < 4.78 is 23.1. The van der Waals surface area contributed by atoms with Crippen LogP contribution in [-0.2, 0) is 11.2 Å². The van der Waals surface area contributed by atoms with Crippen molar-refractivity contribution in [2.24, 2.45) is 0 Å². The summed E-state index contributed by atoms with van der Waals surface area (Å²) in [6, 6.07) is 15.9. The van der Waals surface area contributed by atoms with Crippen LogP contribution in [0.4, 0.5) is 5.69 Å². The molecule has 0 unspecified atom stereocenters. The van der Waals surface area contributed by atoms with E-state index < -0.39 is 0 Å². The summed E-state index contributed by atoms with van der Waals surface area (Å²) in [5, 5.41) is 8.84. The Labute approximate surface area is 232 Å². The van der Waals surface area contributed by atoms with Gasteiger partial charge >= 0.3 is 0 Å². The molecule has 3 aromatic carbocycles. The minimum absolute atomic E-state index is 0.0590. The number of amides is 1. The van der Waals surface area contributed by atoms with Crippen LogP contribution in [0.15, 0.2) is 69.0 Å². The first kappa shape index (κ1) is 26.5. The minimum Gasteiger partial charge on any atom is -0.493 e. The zero-order valence-electron chi connectivity index (χ0n) is 21.5. The van der Waals surface area contributed by atoms with Gasteiger partial charge in [0.25, 0.3) is 5.56 Å². The van der Waals surface area contributed by atoms with Gasteiger partial charge in [0.05, 0.1) is 38.3 Å². The largest absolute Gasteiger partial charge is 0.493 e. The molecule has 1 N–H and O–H groups in total. The summed E-state index contributed by atoms with van der Waals surface area (Å²) >= 11 is 7.85. The van der Waals surface area contributed by atoms with E-state index >= 15 is 0 Å². The first-order chi connectivity index (χ1) is 18.9. The van der Waals surface area contributed by atoms with Crippen molar-refractivity contribution < 1.29 is 23.5 Å². The predicted octanol–water partition coefficient (Wildman–Crippen LogP) is 5.71. The Balaban J connectivity index is 1.52. The third-order valence-electron chi connectivity index (χ3n) is 6.21. The molecule has 0 saturated carbocycles. The number of rotatable bonds is 8. The van der Waals surface area contributed by atoms with Crippen LogP contribution < -0.4 is 25.1 Å². The van der Waals surface area contributed by atoms with Gasteiger partial charge in [0.2, 0.25) is 16.7 Å². The average molecular weight is 566 g/mol. The van der Waals surface area contributed by atoms with E-state index in [1.165, 1.54) is 33.1 Å². The molecule has 200 valence electrons. The van der Waals surface area contributed by atoms with Crippen LogP contribution in [0, 0.1) is 0 Å². The number of aromatic nitrogens is 2. The number of hydrogen-bond acceptors (Lipinski definition) is 8. The SMILES string of the molecule is COc1cc(NC(=O)Cc2cccc(-n3c(=O)c4c(SC)onc4c4c(Cl)cccc43)c2)cc(OC)c1OC. The fourth-order valence-electron chi connectivity index (χ4n) is 4.53. The zero-order valence-corrected chi connectivity index (χ0v) is 23.1. The monoisotopic (exact) mass is 565 g/mol. The number of ether oxygens (including phenoxy) is 3. The number of methoxy groups -OCH3 is 3. The molecule has 39 heavy (non-hydrogen) atoms. The molecule has 0 saturated heterocycles. The van der Waals surface area contributed by atoms with Crippen LogP contribution in [0.2, 0.25) is 5.02 Å². The maximum absolute atomic E-state index is 13.7. The number of pyridine rings is 1. The van der Waals surface area contributed by atoms with Crippen molar-refractivity contribution in [3.63, 3.8) is 0 Å². The first-order valence-corrected chi connectivity index (χ1v) is 13.4. The Bertz CT molecular complexity index is 1760. The van der Waals surface area contributed by atoms with E-state index in [1.807, 2.05) is 12.3 Å². The summed E-state index contributed by atoms with van der Waals surface area (Å²) in [5.74, 6) is 1.01. The Morgan fingerprint density at radius 1 is 1.03 bits per heavy atom. The normalized spacial score (nSPS) is 11.1. The number of anilines is 1. The molecule has 0 aliphatic carbocycles. The molecule has 2 aromatic heterocycles. The number of nitrogens with one attached hydrogen (secondary N) is 1. The molecule has 0 atom stereocenters. The predicted molar refractivity (Wildman–Crippen MR) is 152 cm³/mol. The van der Waals surface area contributed by atoms with Crippen molar-refractivity contribution in [1.82, 2.24) is 9.72 Å². The molecule has 9 nitrogen and oxygen atoms in total. The second-order valence-corrected chi connectivity index (χ2v) is 9.67. The van der Waals surface area contributed by atoms with Gasteiger partial charge in [-0.1, -0.05) is 46.7 Å². The fourth-order valence-corrected chi connectivity index (χ4v) is 5.29. The highest BCUT2D eigenvalue weighted by Gasteiger charge is 2.21. The molecule has 0 aliphatic rings. The molecular weight excluding hydrogens is 542 g/mol. The number of fused-ring (bicyclic) bond motifs is 3. The molecular formula is C28H24ClN3O6S. The van der Waals surface area contributed by atoms with Gasteiger partial charge in [-0.05, 0) is 36.1 Å². The summed E-state index contributed by atoms with van der Waals surface area (Å²) in [7, 11) is 4.52. The van der Waals surface area contributed by atoms with Gasteiger partial charge in [0, 0.05) is 28.9 Å². The number of hydrogen-bond donors (Lipinski definition) is 1. The topological polar surface area (TPSA) is 105 Å². The van der Waals surface area contributed by atoms with Crippen molar-refractivity contribution >= 4 is 56.8 Å². The number of carbonyl (C=O) groups is 1. The number of halogens is 1. The van der Waals surface area contributed by atoms with Crippen LogP contribution in [-0.4, -0.2) is 43.2 Å². The summed E-state index contributed by atoms with van der Waals surface area (Å²) in [5.41, 5.74) is 2.49. The minimum atomic E-state index is -0.288. The molecule has 0 fully saturated rings.